The van der Waals surface area contributed by atoms with Crippen molar-refractivity contribution in [3.8, 4) is 0 Å². The highest BCUT2D eigenvalue weighted by Gasteiger charge is 2.11. The van der Waals surface area contributed by atoms with Gasteiger partial charge in [-0.15, -0.1) is 0 Å². The lowest BCUT2D eigenvalue weighted by Gasteiger charge is -2.11. The van der Waals surface area contributed by atoms with Crippen LogP contribution in [0.4, 0.5) is 11.4 Å². The van der Waals surface area contributed by atoms with E-state index in [9.17, 15) is 4.79 Å². The molecule has 0 aliphatic heterocycles. The highest BCUT2D eigenvalue weighted by Crippen LogP contribution is 2.22. The van der Waals surface area contributed by atoms with E-state index in [-0.39, 0.29) is 5.91 Å². The largest absolute Gasteiger partial charge is 0.398 e. The van der Waals surface area contributed by atoms with Crippen LogP contribution >= 0.6 is 15.9 Å². The van der Waals surface area contributed by atoms with Gasteiger partial charge in [0.15, 0.2) is 0 Å². The Kier molecular flexibility index (Phi) is 3.90. The summed E-state index contributed by atoms with van der Waals surface area (Å²) in [6, 6.07) is 11.1. The second kappa shape index (κ2) is 5.45. The normalized spacial score (nSPS) is 10.3. The molecule has 0 radical (unpaired) electrons. The zero-order valence-electron chi connectivity index (χ0n) is 10.8. The summed E-state index contributed by atoms with van der Waals surface area (Å²) in [6.07, 6.45) is 0. The van der Waals surface area contributed by atoms with Crippen molar-refractivity contribution >= 4 is 33.2 Å². The van der Waals surface area contributed by atoms with Crippen molar-refractivity contribution in [2.24, 2.45) is 0 Å². The van der Waals surface area contributed by atoms with Crippen molar-refractivity contribution in [3.63, 3.8) is 0 Å². The van der Waals surface area contributed by atoms with Crippen LogP contribution in [0.2, 0.25) is 0 Å². The minimum absolute atomic E-state index is 0.132. The number of halogens is 1. The fourth-order valence-electron chi connectivity index (χ4n) is 1.82. The smallest absolute Gasteiger partial charge is 0.255 e. The maximum atomic E-state index is 12.3. The fraction of sp³-hybridized carbons (Fsp3) is 0.133. The molecule has 0 atom stereocenters. The Morgan fingerprint density at radius 2 is 1.95 bits per heavy atom. The number of aryl methyl sites for hydroxylation is 1. The van der Waals surface area contributed by atoms with Crippen molar-refractivity contribution < 1.29 is 4.79 Å². The van der Waals surface area contributed by atoms with Crippen LogP contribution in [0.3, 0.4) is 0 Å². The first-order valence-electron chi connectivity index (χ1n) is 5.91. The third-order valence-corrected chi connectivity index (χ3v) is 3.56. The summed E-state index contributed by atoms with van der Waals surface area (Å²) >= 11 is 3.38. The molecule has 1 amide bonds. The van der Waals surface area contributed by atoms with E-state index in [0.29, 0.717) is 11.3 Å². The van der Waals surface area contributed by atoms with E-state index in [1.54, 1.807) is 0 Å². The van der Waals surface area contributed by atoms with Crippen LogP contribution in [0.25, 0.3) is 0 Å². The van der Waals surface area contributed by atoms with Gasteiger partial charge in [-0.2, -0.15) is 0 Å². The molecule has 0 aliphatic carbocycles. The Balaban J connectivity index is 2.31. The summed E-state index contributed by atoms with van der Waals surface area (Å²) < 4.78 is 0.882. The monoisotopic (exact) mass is 318 g/mol. The van der Waals surface area contributed by atoms with Crippen molar-refractivity contribution in [2.75, 3.05) is 11.1 Å². The molecule has 3 N–H and O–H groups in total. The van der Waals surface area contributed by atoms with E-state index in [1.807, 2.05) is 50.2 Å². The van der Waals surface area contributed by atoms with Crippen LogP contribution in [-0.4, -0.2) is 5.91 Å². The van der Waals surface area contributed by atoms with Crippen LogP contribution in [0, 0.1) is 13.8 Å². The van der Waals surface area contributed by atoms with Gasteiger partial charge in [0, 0.05) is 21.4 Å². The minimum atomic E-state index is -0.132. The van der Waals surface area contributed by atoms with Gasteiger partial charge in [-0.3, -0.25) is 4.79 Å². The highest BCUT2D eigenvalue weighted by atomic mass is 79.9. The quantitative estimate of drug-likeness (QED) is 0.825. The number of nitrogen functional groups attached to an aromatic ring is 1. The van der Waals surface area contributed by atoms with E-state index < -0.39 is 0 Å². The first kappa shape index (κ1) is 13.6. The molecular formula is C15H15BrN2O. The topological polar surface area (TPSA) is 55.1 Å². The number of carbonyl (C=O) groups is 1. The Morgan fingerprint density at radius 3 is 2.68 bits per heavy atom. The SMILES string of the molecule is Cc1ccc(Br)cc1C(=O)Nc1cccc(N)c1C. The summed E-state index contributed by atoms with van der Waals surface area (Å²) in [5.74, 6) is -0.132. The number of amides is 1. The van der Waals surface area contributed by atoms with Crippen LogP contribution in [0.1, 0.15) is 21.5 Å². The van der Waals surface area contributed by atoms with Crippen LogP contribution in [0.15, 0.2) is 40.9 Å². The van der Waals surface area contributed by atoms with E-state index >= 15 is 0 Å². The lowest BCUT2D eigenvalue weighted by Crippen LogP contribution is -2.14. The van der Waals surface area contributed by atoms with E-state index in [0.717, 1.165) is 21.3 Å². The second-order valence-corrected chi connectivity index (χ2v) is 5.35. The molecule has 0 heterocycles. The molecule has 0 fully saturated rings. The van der Waals surface area contributed by atoms with E-state index in [4.69, 9.17) is 5.73 Å². The summed E-state index contributed by atoms with van der Waals surface area (Å²) in [5, 5.41) is 2.90. The van der Waals surface area contributed by atoms with Gasteiger partial charge in [0.1, 0.15) is 0 Å². The lowest BCUT2D eigenvalue weighted by atomic mass is 10.1. The number of benzene rings is 2. The molecular weight excluding hydrogens is 304 g/mol. The number of hydrogen-bond donors (Lipinski definition) is 2. The lowest BCUT2D eigenvalue weighted by molar-refractivity contribution is 0.102. The molecule has 4 heteroatoms. The van der Waals surface area contributed by atoms with Crippen LogP contribution in [0.5, 0.6) is 0 Å². The summed E-state index contributed by atoms with van der Waals surface area (Å²) in [5.41, 5.74) is 9.70. The maximum Gasteiger partial charge on any atom is 0.255 e. The average molecular weight is 319 g/mol. The van der Waals surface area contributed by atoms with Gasteiger partial charge in [-0.1, -0.05) is 28.1 Å². The standard InChI is InChI=1S/C15H15BrN2O/c1-9-6-7-11(16)8-12(9)15(19)18-14-5-3-4-13(17)10(14)2/h3-8H,17H2,1-2H3,(H,18,19). The molecule has 0 aromatic heterocycles. The first-order chi connectivity index (χ1) is 8.99. The van der Waals surface area contributed by atoms with E-state index in [2.05, 4.69) is 21.2 Å². The molecule has 98 valence electrons. The van der Waals surface area contributed by atoms with Crippen molar-refractivity contribution in [1.29, 1.82) is 0 Å². The molecule has 0 saturated carbocycles. The van der Waals surface area contributed by atoms with Gasteiger partial charge in [0.2, 0.25) is 0 Å². The Bertz CT molecular complexity index is 638. The number of rotatable bonds is 2. The molecule has 0 unspecified atom stereocenters. The van der Waals surface area contributed by atoms with Gasteiger partial charge in [0.25, 0.3) is 5.91 Å². The summed E-state index contributed by atoms with van der Waals surface area (Å²) in [6.45, 7) is 3.80. The summed E-state index contributed by atoms with van der Waals surface area (Å²) in [7, 11) is 0. The molecule has 2 rings (SSSR count). The fourth-order valence-corrected chi connectivity index (χ4v) is 2.18. The van der Waals surface area contributed by atoms with Crippen molar-refractivity contribution in [2.45, 2.75) is 13.8 Å². The Labute approximate surface area is 121 Å². The molecule has 0 saturated heterocycles. The Hall–Kier alpha value is -1.81. The molecule has 3 nitrogen and oxygen atoms in total. The number of anilines is 2. The molecule has 0 aliphatic rings. The summed E-state index contributed by atoms with van der Waals surface area (Å²) in [4.78, 5) is 12.3. The highest BCUT2D eigenvalue weighted by molar-refractivity contribution is 9.10. The van der Waals surface area contributed by atoms with Crippen molar-refractivity contribution in [3.05, 3.63) is 57.6 Å². The molecule has 2 aromatic carbocycles. The number of nitrogens with two attached hydrogens (primary N) is 1. The van der Waals surface area contributed by atoms with Gasteiger partial charge >= 0.3 is 0 Å². The molecule has 19 heavy (non-hydrogen) atoms. The van der Waals surface area contributed by atoms with Gasteiger partial charge in [-0.05, 0) is 49.2 Å². The first-order valence-corrected chi connectivity index (χ1v) is 6.71. The van der Waals surface area contributed by atoms with Gasteiger partial charge in [0.05, 0.1) is 0 Å². The average Bonchev–Trinajstić information content (AvgIpc) is 2.38. The van der Waals surface area contributed by atoms with Crippen LogP contribution < -0.4 is 11.1 Å². The second-order valence-electron chi connectivity index (χ2n) is 4.43. The molecule has 2 aromatic rings. The number of hydrogen-bond acceptors (Lipinski definition) is 2. The predicted octanol–water partition coefficient (Wildman–Crippen LogP) is 3.90. The van der Waals surface area contributed by atoms with E-state index in [1.165, 1.54) is 0 Å². The van der Waals surface area contributed by atoms with Gasteiger partial charge < -0.3 is 11.1 Å². The van der Waals surface area contributed by atoms with Crippen molar-refractivity contribution in [1.82, 2.24) is 0 Å². The minimum Gasteiger partial charge on any atom is -0.398 e. The zero-order valence-corrected chi connectivity index (χ0v) is 12.4. The van der Waals surface area contributed by atoms with Crippen LogP contribution in [-0.2, 0) is 0 Å². The predicted molar refractivity (Wildman–Crippen MR) is 82.4 cm³/mol. The number of nitrogens with one attached hydrogen (secondary N) is 1. The maximum absolute atomic E-state index is 12.3. The third kappa shape index (κ3) is 2.96. The third-order valence-electron chi connectivity index (χ3n) is 3.07. The number of carbonyl (C=O) groups excluding carboxylic acids is 1. The molecule has 0 bridgehead atoms. The van der Waals surface area contributed by atoms with Gasteiger partial charge in [-0.25, -0.2) is 0 Å². The zero-order chi connectivity index (χ0) is 14.0. The Morgan fingerprint density at radius 1 is 1.21 bits per heavy atom. The molecule has 0 spiro atoms.